The van der Waals surface area contributed by atoms with Gasteiger partial charge in [-0.15, -0.1) is 0 Å². The summed E-state index contributed by atoms with van der Waals surface area (Å²) in [5, 5.41) is 14.2. The van der Waals surface area contributed by atoms with Gasteiger partial charge in [-0.1, -0.05) is 11.6 Å². The number of rotatable bonds is 4. The molecule has 1 aromatic rings. The Bertz CT molecular complexity index is 473. The average molecular weight is 285 g/mol. The van der Waals surface area contributed by atoms with E-state index in [0.717, 1.165) is 31.5 Å². The minimum atomic E-state index is -0.482. The number of nitro benzene ring substituents is 1. The van der Waals surface area contributed by atoms with Crippen LogP contribution in [-0.2, 0) is 0 Å². The molecule has 19 heavy (non-hydrogen) atoms. The van der Waals surface area contributed by atoms with E-state index in [1.54, 1.807) is 6.92 Å². The maximum absolute atomic E-state index is 10.8. The number of hydrogen-bond acceptors (Lipinski definition) is 4. The van der Waals surface area contributed by atoms with Gasteiger partial charge in [-0.05, 0) is 31.9 Å². The van der Waals surface area contributed by atoms with Gasteiger partial charge in [0, 0.05) is 24.6 Å². The lowest BCUT2D eigenvalue weighted by Crippen LogP contribution is -2.33. The summed E-state index contributed by atoms with van der Waals surface area (Å²) in [4.78, 5) is 10.3. The van der Waals surface area contributed by atoms with Gasteiger partial charge in [-0.25, -0.2) is 0 Å². The Kier molecular flexibility index (Phi) is 4.61. The summed E-state index contributed by atoms with van der Waals surface area (Å²) in [5.74, 6) is 1.11. The van der Waals surface area contributed by atoms with Crippen LogP contribution in [0.25, 0.3) is 0 Å². The standard InChI is InChI=1S/C13H17ClN2O3/c1-9-5-12(16(17)18)11(14)6-13(9)19-8-10-3-2-4-15-7-10/h5-6,10,15H,2-4,7-8H2,1H3. The van der Waals surface area contributed by atoms with E-state index in [0.29, 0.717) is 18.3 Å². The van der Waals surface area contributed by atoms with Gasteiger partial charge < -0.3 is 10.1 Å². The van der Waals surface area contributed by atoms with Crippen LogP contribution in [0.3, 0.4) is 0 Å². The van der Waals surface area contributed by atoms with E-state index >= 15 is 0 Å². The van der Waals surface area contributed by atoms with E-state index in [4.69, 9.17) is 16.3 Å². The van der Waals surface area contributed by atoms with E-state index in [2.05, 4.69) is 5.32 Å². The molecular weight excluding hydrogens is 268 g/mol. The lowest BCUT2D eigenvalue weighted by Gasteiger charge is -2.23. The third kappa shape index (κ3) is 3.58. The number of halogens is 1. The van der Waals surface area contributed by atoms with Gasteiger partial charge in [-0.3, -0.25) is 10.1 Å². The number of nitrogens with one attached hydrogen (secondary N) is 1. The third-order valence-electron chi connectivity index (χ3n) is 3.31. The summed E-state index contributed by atoms with van der Waals surface area (Å²) in [5.41, 5.74) is 0.658. The summed E-state index contributed by atoms with van der Waals surface area (Å²) in [6, 6.07) is 2.99. The highest BCUT2D eigenvalue weighted by molar-refractivity contribution is 6.32. The molecule has 0 saturated carbocycles. The highest BCUT2D eigenvalue weighted by atomic mass is 35.5. The summed E-state index contributed by atoms with van der Waals surface area (Å²) < 4.78 is 5.74. The van der Waals surface area contributed by atoms with E-state index in [1.165, 1.54) is 12.1 Å². The van der Waals surface area contributed by atoms with Crippen molar-refractivity contribution >= 4 is 17.3 Å². The van der Waals surface area contributed by atoms with Crippen LogP contribution in [0.5, 0.6) is 5.75 Å². The molecule has 1 heterocycles. The molecule has 0 aromatic heterocycles. The first kappa shape index (κ1) is 14.1. The van der Waals surface area contributed by atoms with Gasteiger partial charge in [0.15, 0.2) is 0 Å². The van der Waals surface area contributed by atoms with E-state index in [1.807, 2.05) is 0 Å². The molecule has 1 aliphatic heterocycles. The number of ether oxygens (including phenoxy) is 1. The number of nitrogens with zero attached hydrogens (tertiary/aromatic N) is 1. The maximum Gasteiger partial charge on any atom is 0.288 e. The number of piperidine rings is 1. The quantitative estimate of drug-likeness (QED) is 0.682. The van der Waals surface area contributed by atoms with E-state index in [9.17, 15) is 10.1 Å². The van der Waals surface area contributed by atoms with Crippen molar-refractivity contribution in [3.8, 4) is 5.75 Å². The lowest BCUT2D eigenvalue weighted by atomic mass is 10.0. The Morgan fingerprint density at radius 3 is 3.00 bits per heavy atom. The van der Waals surface area contributed by atoms with Gasteiger partial charge in [0.2, 0.25) is 0 Å². The molecule has 1 atom stereocenters. The summed E-state index contributed by atoms with van der Waals surface area (Å²) >= 11 is 5.88. The molecule has 0 bridgehead atoms. The molecule has 2 rings (SSSR count). The average Bonchev–Trinajstić information content (AvgIpc) is 2.40. The van der Waals surface area contributed by atoms with Gasteiger partial charge >= 0.3 is 0 Å². The molecule has 0 radical (unpaired) electrons. The summed E-state index contributed by atoms with van der Waals surface area (Å²) in [7, 11) is 0. The molecule has 1 aliphatic rings. The Labute approximate surface area is 117 Å². The fourth-order valence-corrected chi connectivity index (χ4v) is 2.44. The van der Waals surface area contributed by atoms with Crippen molar-refractivity contribution in [2.75, 3.05) is 19.7 Å². The minimum Gasteiger partial charge on any atom is -0.493 e. The molecule has 104 valence electrons. The Morgan fingerprint density at radius 2 is 2.37 bits per heavy atom. The SMILES string of the molecule is Cc1cc([N+](=O)[O-])c(Cl)cc1OCC1CCCNC1. The van der Waals surface area contributed by atoms with E-state index < -0.39 is 4.92 Å². The van der Waals surface area contributed by atoms with Crippen molar-refractivity contribution in [3.05, 3.63) is 32.8 Å². The van der Waals surface area contributed by atoms with Crippen LogP contribution in [0.1, 0.15) is 18.4 Å². The zero-order valence-electron chi connectivity index (χ0n) is 10.8. The molecule has 1 unspecified atom stereocenters. The molecule has 5 nitrogen and oxygen atoms in total. The van der Waals surface area contributed by atoms with Crippen molar-refractivity contribution in [1.29, 1.82) is 0 Å². The monoisotopic (exact) mass is 284 g/mol. The topological polar surface area (TPSA) is 64.4 Å². The van der Waals surface area contributed by atoms with Crippen molar-refractivity contribution in [2.24, 2.45) is 5.92 Å². The second-order valence-corrected chi connectivity index (χ2v) is 5.26. The van der Waals surface area contributed by atoms with Crippen LogP contribution < -0.4 is 10.1 Å². The van der Waals surface area contributed by atoms with Crippen molar-refractivity contribution in [3.63, 3.8) is 0 Å². The van der Waals surface area contributed by atoms with Gasteiger partial charge in [0.25, 0.3) is 5.69 Å². The highest BCUT2D eigenvalue weighted by Crippen LogP contribution is 2.32. The fraction of sp³-hybridized carbons (Fsp3) is 0.538. The summed E-state index contributed by atoms with van der Waals surface area (Å²) in [6.07, 6.45) is 2.31. The smallest absolute Gasteiger partial charge is 0.288 e. The second kappa shape index (κ2) is 6.21. The summed E-state index contributed by atoms with van der Waals surface area (Å²) in [6.45, 7) is 4.43. The van der Waals surface area contributed by atoms with Crippen molar-refractivity contribution in [2.45, 2.75) is 19.8 Å². The van der Waals surface area contributed by atoms with Crippen LogP contribution in [0.4, 0.5) is 5.69 Å². The number of aryl methyl sites for hydroxylation is 1. The molecule has 0 amide bonds. The van der Waals surface area contributed by atoms with Crippen molar-refractivity contribution in [1.82, 2.24) is 5.32 Å². The van der Waals surface area contributed by atoms with Gasteiger partial charge in [-0.2, -0.15) is 0 Å². The Hall–Kier alpha value is -1.33. The molecule has 6 heteroatoms. The van der Waals surface area contributed by atoms with E-state index in [-0.39, 0.29) is 10.7 Å². The fourth-order valence-electron chi connectivity index (χ4n) is 2.22. The molecule has 1 saturated heterocycles. The first-order valence-electron chi connectivity index (χ1n) is 6.36. The Morgan fingerprint density at radius 1 is 1.58 bits per heavy atom. The maximum atomic E-state index is 10.8. The Balaban J connectivity index is 2.04. The largest absolute Gasteiger partial charge is 0.493 e. The van der Waals surface area contributed by atoms with Crippen molar-refractivity contribution < 1.29 is 9.66 Å². The molecule has 1 N–H and O–H groups in total. The molecule has 0 spiro atoms. The predicted octanol–water partition coefficient (Wildman–Crippen LogP) is 2.94. The number of nitro groups is 1. The molecule has 1 aromatic carbocycles. The first-order chi connectivity index (χ1) is 9.08. The van der Waals surface area contributed by atoms with Crippen LogP contribution in [-0.4, -0.2) is 24.6 Å². The first-order valence-corrected chi connectivity index (χ1v) is 6.74. The molecule has 1 fully saturated rings. The van der Waals surface area contributed by atoms with Gasteiger partial charge in [0.05, 0.1) is 11.5 Å². The number of benzene rings is 1. The highest BCUT2D eigenvalue weighted by Gasteiger charge is 2.18. The normalized spacial score (nSPS) is 19.2. The molecule has 0 aliphatic carbocycles. The minimum absolute atomic E-state index is 0.0779. The zero-order valence-corrected chi connectivity index (χ0v) is 11.6. The number of hydrogen-bond donors (Lipinski definition) is 1. The second-order valence-electron chi connectivity index (χ2n) is 4.85. The van der Waals surface area contributed by atoms with Crippen LogP contribution in [0.15, 0.2) is 12.1 Å². The van der Waals surface area contributed by atoms with Crippen LogP contribution in [0.2, 0.25) is 5.02 Å². The zero-order chi connectivity index (χ0) is 13.8. The lowest BCUT2D eigenvalue weighted by molar-refractivity contribution is -0.384. The predicted molar refractivity (Wildman–Crippen MR) is 73.9 cm³/mol. The third-order valence-corrected chi connectivity index (χ3v) is 3.62. The molecular formula is C13H17ClN2O3. The van der Waals surface area contributed by atoms with Crippen LogP contribution >= 0.6 is 11.6 Å². The van der Waals surface area contributed by atoms with Crippen LogP contribution in [0, 0.1) is 23.0 Å². The van der Waals surface area contributed by atoms with Gasteiger partial charge in [0.1, 0.15) is 10.8 Å².